The lowest BCUT2D eigenvalue weighted by Crippen LogP contribution is -1.99. The summed E-state index contributed by atoms with van der Waals surface area (Å²) in [6.07, 6.45) is 0. The van der Waals surface area contributed by atoms with Gasteiger partial charge in [0.1, 0.15) is 5.82 Å². The summed E-state index contributed by atoms with van der Waals surface area (Å²) in [5.74, 6) is -1.36. The van der Waals surface area contributed by atoms with Crippen LogP contribution in [0.4, 0.5) is 4.39 Å². The highest BCUT2D eigenvalue weighted by molar-refractivity contribution is 7.98. The molecule has 0 radical (unpaired) electrons. The van der Waals surface area contributed by atoms with Gasteiger partial charge in [-0.1, -0.05) is 17.8 Å². The molecule has 18 heavy (non-hydrogen) atoms. The standard InChI is InChI=1S/C10H9FN4O2S/c1-15-10(12-13-14-15)18-5-7-3-2-6(9(16)17)4-8(7)11/h2-4H,5H2,1H3,(H,16,17). The quantitative estimate of drug-likeness (QED) is 0.843. The molecule has 0 aliphatic carbocycles. The summed E-state index contributed by atoms with van der Waals surface area (Å²) in [6.45, 7) is 0. The second kappa shape index (κ2) is 5.13. The highest BCUT2D eigenvalue weighted by atomic mass is 32.2. The van der Waals surface area contributed by atoms with Crippen molar-refractivity contribution in [2.75, 3.05) is 0 Å². The number of aryl methyl sites for hydroxylation is 1. The molecule has 0 bridgehead atoms. The molecule has 0 aliphatic heterocycles. The van der Waals surface area contributed by atoms with Crippen LogP contribution in [0.2, 0.25) is 0 Å². The van der Waals surface area contributed by atoms with Crippen LogP contribution in [0.25, 0.3) is 0 Å². The maximum atomic E-state index is 13.6. The number of carboxylic acid groups (broad SMARTS) is 1. The van der Waals surface area contributed by atoms with Crippen molar-refractivity contribution in [1.82, 2.24) is 20.2 Å². The minimum Gasteiger partial charge on any atom is -0.478 e. The molecule has 0 fully saturated rings. The molecule has 1 N–H and O–H groups in total. The van der Waals surface area contributed by atoms with Gasteiger partial charge in [-0.25, -0.2) is 13.9 Å². The average Bonchev–Trinajstić information content (AvgIpc) is 2.73. The van der Waals surface area contributed by atoms with E-state index in [1.807, 2.05) is 0 Å². The molecule has 1 aromatic heterocycles. The molecule has 2 rings (SSSR count). The van der Waals surface area contributed by atoms with Crippen LogP contribution in [-0.4, -0.2) is 31.3 Å². The fourth-order valence-corrected chi connectivity index (χ4v) is 2.12. The first kappa shape index (κ1) is 12.5. The van der Waals surface area contributed by atoms with Gasteiger partial charge in [0.25, 0.3) is 0 Å². The van der Waals surface area contributed by atoms with Crippen molar-refractivity contribution >= 4 is 17.7 Å². The Bertz CT molecular complexity index is 587. The van der Waals surface area contributed by atoms with Gasteiger partial charge in [-0.3, -0.25) is 0 Å². The maximum Gasteiger partial charge on any atom is 0.335 e. The maximum absolute atomic E-state index is 13.6. The highest BCUT2D eigenvalue weighted by Crippen LogP contribution is 2.21. The first-order valence-electron chi connectivity index (χ1n) is 4.95. The van der Waals surface area contributed by atoms with Crippen molar-refractivity contribution in [3.63, 3.8) is 0 Å². The molecule has 1 heterocycles. The molecule has 0 unspecified atom stereocenters. The van der Waals surface area contributed by atoms with Crippen LogP contribution >= 0.6 is 11.8 Å². The predicted octanol–water partition coefficient (Wildman–Crippen LogP) is 1.34. The molecule has 2 aromatic rings. The highest BCUT2D eigenvalue weighted by Gasteiger charge is 2.10. The molecule has 6 nitrogen and oxygen atoms in total. The summed E-state index contributed by atoms with van der Waals surface area (Å²) >= 11 is 1.27. The van der Waals surface area contributed by atoms with Gasteiger partial charge in [0, 0.05) is 12.8 Å². The molecule has 0 saturated heterocycles. The van der Waals surface area contributed by atoms with Gasteiger partial charge in [-0.2, -0.15) is 0 Å². The Balaban J connectivity index is 2.11. The molecular weight excluding hydrogens is 259 g/mol. The zero-order valence-corrected chi connectivity index (χ0v) is 10.2. The van der Waals surface area contributed by atoms with E-state index in [2.05, 4.69) is 15.5 Å². The molecule has 1 aromatic carbocycles. The third-order valence-corrected chi connectivity index (χ3v) is 3.30. The summed E-state index contributed by atoms with van der Waals surface area (Å²) in [6, 6.07) is 3.83. The van der Waals surface area contributed by atoms with Gasteiger partial charge < -0.3 is 5.11 Å². The number of halogens is 1. The van der Waals surface area contributed by atoms with E-state index in [0.29, 0.717) is 16.5 Å². The van der Waals surface area contributed by atoms with Crippen molar-refractivity contribution < 1.29 is 14.3 Å². The first-order valence-corrected chi connectivity index (χ1v) is 5.93. The molecular formula is C10H9FN4O2S. The van der Waals surface area contributed by atoms with Crippen LogP contribution in [0, 0.1) is 5.82 Å². The van der Waals surface area contributed by atoms with Crippen molar-refractivity contribution in [2.24, 2.45) is 7.05 Å². The molecule has 8 heteroatoms. The van der Waals surface area contributed by atoms with Crippen LogP contribution in [0.1, 0.15) is 15.9 Å². The van der Waals surface area contributed by atoms with Gasteiger partial charge in [0.15, 0.2) is 0 Å². The average molecular weight is 268 g/mol. The summed E-state index contributed by atoms with van der Waals surface area (Å²) in [5, 5.41) is 20.2. The van der Waals surface area contributed by atoms with Gasteiger partial charge in [0.2, 0.25) is 5.16 Å². The number of tetrazole rings is 1. The zero-order chi connectivity index (χ0) is 13.1. The van der Waals surface area contributed by atoms with E-state index < -0.39 is 11.8 Å². The van der Waals surface area contributed by atoms with Crippen LogP contribution < -0.4 is 0 Å². The molecule has 94 valence electrons. The van der Waals surface area contributed by atoms with E-state index in [9.17, 15) is 9.18 Å². The fourth-order valence-electron chi connectivity index (χ4n) is 1.28. The lowest BCUT2D eigenvalue weighted by molar-refractivity contribution is 0.0696. The minimum absolute atomic E-state index is 0.0680. The Morgan fingerprint density at radius 2 is 2.33 bits per heavy atom. The summed E-state index contributed by atoms with van der Waals surface area (Å²) in [4.78, 5) is 10.7. The Morgan fingerprint density at radius 3 is 2.89 bits per heavy atom. The molecule has 0 atom stereocenters. The molecule has 0 saturated carbocycles. The number of benzene rings is 1. The van der Waals surface area contributed by atoms with Crippen LogP contribution in [0.3, 0.4) is 0 Å². The largest absolute Gasteiger partial charge is 0.478 e. The predicted molar refractivity (Wildman–Crippen MR) is 61.7 cm³/mol. The number of hydrogen-bond acceptors (Lipinski definition) is 5. The summed E-state index contributed by atoms with van der Waals surface area (Å²) < 4.78 is 15.1. The number of nitrogens with zero attached hydrogens (tertiary/aromatic N) is 4. The lowest BCUT2D eigenvalue weighted by atomic mass is 10.1. The van der Waals surface area contributed by atoms with E-state index in [0.717, 1.165) is 6.07 Å². The minimum atomic E-state index is -1.15. The number of aromatic carboxylic acids is 1. The monoisotopic (exact) mass is 268 g/mol. The van der Waals surface area contributed by atoms with Crippen LogP contribution in [0.15, 0.2) is 23.4 Å². The van der Waals surface area contributed by atoms with E-state index in [1.165, 1.54) is 28.6 Å². The van der Waals surface area contributed by atoms with Crippen molar-refractivity contribution in [3.8, 4) is 0 Å². The normalized spacial score (nSPS) is 10.6. The topological polar surface area (TPSA) is 80.9 Å². The Morgan fingerprint density at radius 1 is 1.56 bits per heavy atom. The lowest BCUT2D eigenvalue weighted by Gasteiger charge is -2.03. The van der Waals surface area contributed by atoms with E-state index in [4.69, 9.17) is 5.11 Å². The second-order valence-corrected chi connectivity index (χ2v) is 4.43. The smallest absolute Gasteiger partial charge is 0.335 e. The van der Waals surface area contributed by atoms with E-state index in [-0.39, 0.29) is 5.56 Å². The second-order valence-electron chi connectivity index (χ2n) is 3.49. The van der Waals surface area contributed by atoms with E-state index in [1.54, 1.807) is 7.05 Å². The number of thioether (sulfide) groups is 1. The number of carbonyl (C=O) groups is 1. The Hall–Kier alpha value is -1.96. The zero-order valence-electron chi connectivity index (χ0n) is 9.37. The van der Waals surface area contributed by atoms with Crippen LogP contribution in [-0.2, 0) is 12.8 Å². The van der Waals surface area contributed by atoms with Gasteiger partial charge in [-0.15, -0.1) is 5.10 Å². The van der Waals surface area contributed by atoms with Gasteiger partial charge >= 0.3 is 5.97 Å². The third kappa shape index (κ3) is 2.65. The van der Waals surface area contributed by atoms with E-state index >= 15 is 0 Å². The van der Waals surface area contributed by atoms with Crippen molar-refractivity contribution in [1.29, 1.82) is 0 Å². The Labute approximate surface area is 106 Å². The molecule has 0 aliphatic rings. The summed E-state index contributed by atoms with van der Waals surface area (Å²) in [7, 11) is 1.69. The number of hydrogen-bond donors (Lipinski definition) is 1. The van der Waals surface area contributed by atoms with Crippen LogP contribution in [0.5, 0.6) is 0 Å². The van der Waals surface area contributed by atoms with Gasteiger partial charge in [-0.05, 0) is 28.1 Å². The van der Waals surface area contributed by atoms with Crippen molar-refractivity contribution in [3.05, 3.63) is 35.1 Å². The van der Waals surface area contributed by atoms with Crippen molar-refractivity contribution in [2.45, 2.75) is 10.9 Å². The number of rotatable bonds is 4. The molecule has 0 spiro atoms. The number of carboxylic acids is 1. The SMILES string of the molecule is Cn1nnnc1SCc1ccc(C(=O)O)cc1F. The third-order valence-electron chi connectivity index (χ3n) is 2.24. The van der Waals surface area contributed by atoms with Gasteiger partial charge in [0.05, 0.1) is 5.56 Å². The fraction of sp³-hybridized carbons (Fsp3) is 0.200. The Kier molecular flexibility index (Phi) is 3.56. The molecule has 0 amide bonds. The first-order chi connectivity index (χ1) is 8.58. The summed E-state index contributed by atoms with van der Waals surface area (Å²) in [5.41, 5.74) is 0.342. The number of aromatic nitrogens is 4.